The van der Waals surface area contributed by atoms with Crippen LogP contribution in [-0.4, -0.2) is 38.9 Å². The number of aryl methyl sites for hydroxylation is 1. The molecule has 0 amide bonds. The van der Waals surface area contributed by atoms with E-state index in [0.29, 0.717) is 24.2 Å². The van der Waals surface area contributed by atoms with Crippen LogP contribution in [0.2, 0.25) is 0 Å². The molecule has 2 rings (SSSR count). The van der Waals surface area contributed by atoms with E-state index in [1.54, 1.807) is 19.1 Å². The van der Waals surface area contributed by atoms with Gasteiger partial charge in [-0.2, -0.15) is 9.57 Å². The molecule has 1 fully saturated rings. The predicted octanol–water partition coefficient (Wildman–Crippen LogP) is 1.27. The fourth-order valence-electron chi connectivity index (χ4n) is 2.25. The topological polar surface area (TPSA) is 73.2 Å². The number of hydrogen-bond donors (Lipinski definition) is 1. The molecule has 1 aromatic rings. The van der Waals surface area contributed by atoms with Crippen molar-refractivity contribution >= 4 is 22.4 Å². The monoisotopic (exact) mass is 315 g/mol. The second-order valence-electron chi connectivity index (χ2n) is 4.73. The lowest BCUT2D eigenvalue weighted by Gasteiger charge is -2.17. The van der Waals surface area contributed by atoms with E-state index in [4.69, 9.17) is 5.26 Å². The molecule has 20 heavy (non-hydrogen) atoms. The molecule has 1 aliphatic rings. The molecule has 110 valence electrons. The zero-order valence-corrected chi connectivity index (χ0v) is 13.1. The van der Waals surface area contributed by atoms with Gasteiger partial charge in [0.15, 0.2) is 0 Å². The Kier molecular flexibility index (Phi) is 5.54. The molecule has 7 heteroatoms. The molecule has 0 radical (unpaired) electrons. The standard InChI is InChI=1S/C13H17N3O2S.ClH/c1-10-7-13(4-3-11(10)8-14)19(17,18)16-6-5-12(9-16)15-2;/h3-4,7,12,15H,5-6,9H2,1-2H3;1H. The molecule has 1 unspecified atom stereocenters. The Morgan fingerprint density at radius 3 is 2.65 bits per heavy atom. The molecule has 1 aromatic carbocycles. The van der Waals surface area contributed by atoms with Crippen molar-refractivity contribution in [3.8, 4) is 6.07 Å². The summed E-state index contributed by atoms with van der Waals surface area (Å²) in [7, 11) is -1.61. The molecule has 0 aromatic heterocycles. The summed E-state index contributed by atoms with van der Waals surface area (Å²) in [5.41, 5.74) is 1.20. The molecule has 5 nitrogen and oxygen atoms in total. The van der Waals surface area contributed by atoms with Gasteiger partial charge in [-0.25, -0.2) is 8.42 Å². The highest BCUT2D eigenvalue weighted by Gasteiger charge is 2.31. The van der Waals surface area contributed by atoms with Gasteiger partial charge in [-0.15, -0.1) is 12.4 Å². The Hall–Kier alpha value is -1.13. The van der Waals surface area contributed by atoms with Crippen LogP contribution in [0.15, 0.2) is 23.1 Å². The van der Waals surface area contributed by atoms with Gasteiger partial charge < -0.3 is 5.32 Å². The summed E-state index contributed by atoms with van der Waals surface area (Å²) in [6.45, 7) is 2.78. The van der Waals surface area contributed by atoms with Crippen LogP contribution in [0.1, 0.15) is 17.5 Å². The number of nitrogens with zero attached hydrogens (tertiary/aromatic N) is 2. The van der Waals surface area contributed by atoms with Crippen LogP contribution >= 0.6 is 12.4 Å². The van der Waals surface area contributed by atoms with E-state index in [0.717, 1.165) is 6.42 Å². The predicted molar refractivity (Wildman–Crippen MR) is 79.4 cm³/mol. The maximum atomic E-state index is 12.5. The van der Waals surface area contributed by atoms with E-state index in [-0.39, 0.29) is 23.3 Å². The quantitative estimate of drug-likeness (QED) is 0.911. The number of likely N-dealkylation sites (N-methyl/N-ethyl adjacent to an activating group) is 1. The summed E-state index contributed by atoms with van der Waals surface area (Å²) in [5.74, 6) is 0. The molecule has 1 heterocycles. The van der Waals surface area contributed by atoms with Gasteiger partial charge in [0.1, 0.15) is 0 Å². The molecule has 1 atom stereocenters. The average Bonchev–Trinajstić information content (AvgIpc) is 2.88. The highest BCUT2D eigenvalue weighted by Crippen LogP contribution is 2.22. The minimum absolute atomic E-state index is 0. The second kappa shape index (κ2) is 6.55. The van der Waals surface area contributed by atoms with Crippen molar-refractivity contribution in [1.29, 1.82) is 5.26 Å². The number of sulfonamides is 1. The number of nitriles is 1. The molecule has 0 aliphatic carbocycles. The maximum absolute atomic E-state index is 12.5. The summed E-state index contributed by atoms with van der Waals surface area (Å²) in [5, 5.41) is 12.0. The van der Waals surface area contributed by atoms with E-state index in [1.165, 1.54) is 10.4 Å². The van der Waals surface area contributed by atoms with Crippen molar-refractivity contribution in [2.45, 2.75) is 24.3 Å². The Labute approximate surface area is 126 Å². The fraction of sp³-hybridized carbons (Fsp3) is 0.462. The van der Waals surface area contributed by atoms with Gasteiger partial charge in [-0.05, 0) is 44.2 Å². The summed E-state index contributed by atoms with van der Waals surface area (Å²) < 4.78 is 26.4. The number of halogens is 1. The molecule has 0 spiro atoms. The largest absolute Gasteiger partial charge is 0.316 e. The lowest BCUT2D eigenvalue weighted by atomic mass is 10.1. The second-order valence-corrected chi connectivity index (χ2v) is 6.66. The van der Waals surface area contributed by atoms with Gasteiger partial charge in [0.2, 0.25) is 10.0 Å². The Morgan fingerprint density at radius 1 is 1.45 bits per heavy atom. The van der Waals surface area contributed by atoms with E-state index < -0.39 is 10.0 Å². The highest BCUT2D eigenvalue weighted by molar-refractivity contribution is 7.89. The Morgan fingerprint density at radius 2 is 2.15 bits per heavy atom. The van der Waals surface area contributed by atoms with E-state index in [2.05, 4.69) is 5.32 Å². The molecule has 1 N–H and O–H groups in total. The zero-order valence-electron chi connectivity index (χ0n) is 11.5. The lowest BCUT2D eigenvalue weighted by Crippen LogP contribution is -2.33. The van der Waals surface area contributed by atoms with Crippen LogP contribution in [0.25, 0.3) is 0 Å². The van der Waals surface area contributed by atoms with Crippen LogP contribution < -0.4 is 5.32 Å². The first kappa shape index (κ1) is 16.9. The molecule has 0 bridgehead atoms. The third-order valence-electron chi connectivity index (χ3n) is 3.52. The Bertz CT molecular complexity index is 625. The van der Waals surface area contributed by atoms with Crippen molar-refractivity contribution in [2.24, 2.45) is 0 Å². The van der Waals surface area contributed by atoms with Gasteiger partial charge in [-0.1, -0.05) is 0 Å². The van der Waals surface area contributed by atoms with Crippen molar-refractivity contribution in [3.63, 3.8) is 0 Å². The van der Waals surface area contributed by atoms with E-state index in [1.807, 2.05) is 13.1 Å². The summed E-state index contributed by atoms with van der Waals surface area (Å²) in [6, 6.07) is 6.90. The maximum Gasteiger partial charge on any atom is 0.243 e. The van der Waals surface area contributed by atoms with E-state index >= 15 is 0 Å². The van der Waals surface area contributed by atoms with Crippen LogP contribution in [0, 0.1) is 18.3 Å². The van der Waals surface area contributed by atoms with Crippen molar-refractivity contribution < 1.29 is 8.42 Å². The van der Waals surface area contributed by atoms with Gasteiger partial charge in [0.25, 0.3) is 0 Å². The van der Waals surface area contributed by atoms with Gasteiger partial charge in [-0.3, -0.25) is 0 Å². The molecular weight excluding hydrogens is 298 g/mol. The van der Waals surface area contributed by atoms with Crippen LogP contribution in [0.3, 0.4) is 0 Å². The summed E-state index contributed by atoms with van der Waals surface area (Å²) >= 11 is 0. The lowest BCUT2D eigenvalue weighted by molar-refractivity contribution is 0.464. The van der Waals surface area contributed by atoms with Gasteiger partial charge in [0.05, 0.1) is 16.5 Å². The van der Waals surface area contributed by atoms with Crippen molar-refractivity contribution in [2.75, 3.05) is 20.1 Å². The number of benzene rings is 1. The Balaban J connectivity index is 0.00000200. The normalized spacial score (nSPS) is 19.4. The summed E-state index contributed by atoms with van der Waals surface area (Å²) in [6.07, 6.45) is 0.824. The van der Waals surface area contributed by atoms with Gasteiger partial charge >= 0.3 is 0 Å². The zero-order chi connectivity index (χ0) is 14.0. The molecule has 1 saturated heterocycles. The van der Waals surface area contributed by atoms with E-state index in [9.17, 15) is 8.42 Å². The van der Waals surface area contributed by atoms with Crippen LogP contribution in [0.5, 0.6) is 0 Å². The fourth-order valence-corrected chi connectivity index (χ4v) is 3.84. The highest BCUT2D eigenvalue weighted by atomic mass is 35.5. The third-order valence-corrected chi connectivity index (χ3v) is 5.38. The number of rotatable bonds is 3. The first-order chi connectivity index (χ1) is 8.98. The number of nitrogens with one attached hydrogen (secondary N) is 1. The number of hydrogen-bond acceptors (Lipinski definition) is 4. The summed E-state index contributed by atoms with van der Waals surface area (Å²) in [4.78, 5) is 0.265. The van der Waals surface area contributed by atoms with Crippen LogP contribution in [-0.2, 0) is 10.0 Å². The first-order valence-corrected chi connectivity index (χ1v) is 7.61. The third kappa shape index (κ3) is 3.13. The van der Waals surface area contributed by atoms with Crippen molar-refractivity contribution in [1.82, 2.24) is 9.62 Å². The first-order valence-electron chi connectivity index (χ1n) is 6.17. The van der Waals surface area contributed by atoms with Gasteiger partial charge in [0, 0.05) is 19.1 Å². The smallest absolute Gasteiger partial charge is 0.243 e. The minimum atomic E-state index is -3.45. The minimum Gasteiger partial charge on any atom is -0.316 e. The van der Waals surface area contributed by atoms with Crippen molar-refractivity contribution in [3.05, 3.63) is 29.3 Å². The average molecular weight is 316 g/mol. The molecule has 1 aliphatic heterocycles. The molecule has 0 saturated carbocycles. The molecular formula is C13H18ClN3O2S. The SMILES string of the molecule is CNC1CCN(S(=O)(=O)c2ccc(C#N)c(C)c2)C1.Cl. The van der Waals surface area contributed by atoms with Crippen LogP contribution in [0.4, 0.5) is 0 Å².